The molecule has 1 rings (SSSR count). The van der Waals surface area contributed by atoms with Crippen LogP contribution in [0.2, 0.25) is 0 Å². The van der Waals surface area contributed by atoms with E-state index >= 15 is 0 Å². The summed E-state index contributed by atoms with van der Waals surface area (Å²) in [5.74, 6) is -7.20. The zero-order valence-electron chi connectivity index (χ0n) is 23.6. The average molecular weight is 573 g/mol. The van der Waals surface area contributed by atoms with Crippen molar-refractivity contribution in [3.05, 3.63) is 0 Å². The Balaban J connectivity index is 3.19. The van der Waals surface area contributed by atoms with Crippen molar-refractivity contribution in [1.82, 2.24) is 0 Å². The van der Waals surface area contributed by atoms with Crippen LogP contribution in [0.5, 0.6) is 0 Å². The van der Waals surface area contributed by atoms with Gasteiger partial charge in [0.2, 0.25) is 6.10 Å². The van der Waals surface area contributed by atoms with Crippen molar-refractivity contribution in [3.8, 4) is 0 Å². The van der Waals surface area contributed by atoms with Crippen LogP contribution in [0.25, 0.3) is 0 Å². The lowest BCUT2D eigenvalue weighted by atomic mass is 9.96. The maximum atomic E-state index is 12.1. The van der Waals surface area contributed by atoms with Crippen LogP contribution in [0.15, 0.2) is 0 Å². The number of esters is 4. The molecule has 0 aliphatic carbocycles. The number of aliphatic hydroxyl groups is 1. The molecule has 5 atom stereocenters. The minimum atomic E-state index is -2.80. The van der Waals surface area contributed by atoms with E-state index in [-0.39, 0.29) is 6.61 Å². The Morgan fingerprint density at radius 3 is 1.97 bits per heavy atom. The Morgan fingerprint density at radius 2 is 1.37 bits per heavy atom. The first-order chi connectivity index (χ1) is 18.6. The van der Waals surface area contributed by atoms with Crippen LogP contribution < -0.4 is 0 Å². The zero-order valence-corrected chi connectivity index (χ0v) is 21.2. The fraction of sp³-hybridized carbons (Fsp3) is 0.826. The van der Waals surface area contributed by atoms with E-state index in [4.69, 9.17) is 33.9 Å². The molecule has 1 unspecified atom stereocenters. The summed E-state index contributed by atoms with van der Waals surface area (Å²) in [4.78, 5) is 47.8. The Hall–Kier alpha value is -1.76. The molecule has 1 aliphatic rings. The number of unbranched alkanes of at least 4 members (excludes halogenated alkanes) is 6. The number of carbonyl (C=O) groups excluding carboxylic acids is 4. The predicted octanol–water partition coefficient (Wildman–Crippen LogP) is 2.53. The molecular weight excluding hydrogens is 532 g/mol. The molecule has 35 heavy (non-hydrogen) atoms. The molecule has 202 valence electrons. The Morgan fingerprint density at radius 1 is 0.829 bits per heavy atom. The third-order valence-electron chi connectivity index (χ3n) is 4.96. The van der Waals surface area contributed by atoms with Gasteiger partial charge in [-0.1, -0.05) is 48.0 Å². The Kier molecular flexibility index (Phi) is 11.4. The summed E-state index contributed by atoms with van der Waals surface area (Å²) in [5.41, 5.74) is 0. The van der Waals surface area contributed by atoms with Crippen molar-refractivity contribution in [2.75, 3.05) is 18.5 Å². The molecule has 1 N–H and O–H groups in total. The first kappa shape index (κ1) is 24.9. The molecule has 0 aromatic rings. The molecule has 0 radical (unpaired) electrons. The summed E-state index contributed by atoms with van der Waals surface area (Å²) < 4.78 is 60.5. The molecule has 1 saturated heterocycles. The number of ether oxygens (including phenoxy) is 6. The van der Waals surface area contributed by atoms with Gasteiger partial charge in [-0.2, -0.15) is 0 Å². The van der Waals surface area contributed by atoms with Crippen LogP contribution in [-0.2, 0) is 47.6 Å². The number of rotatable bonds is 15. The molecule has 0 amide bonds. The summed E-state index contributed by atoms with van der Waals surface area (Å²) in [6.07, 6.45) is -0.618. The first-order valence-electron chi connectivity index (χ1n) is 14.0. The van der Waals surface area contributed by atoms with Crippen molar-refractivity contribution in [1.29, 1.82) is 0 Å². The van der Waals surface area contributed by atoms with Gasteiger partial charge in [-0.15, -0.1) is 0 Å². The maximum Gasteiger partial charge on any atom is 0.324 e. The van der Waals surface area contributed by atoms with Gasteiger partial charge in [0.1, 0.15) is 12.7 Å². The van der Waals surface area contributed by atoms with E-state index in [1.807, 2.05) is 0 Å². The number of halogens is 1. The molecule has 1 heterocycles. The molecule has 0 aromatic carbocycles. The minimum Gasteiger partial charge on any atom is -0.463 e. The van der Waals surface area contributed by atoms with E-state index in [1.165, 1.54) is 0 Å². The van der Waals surface area contributed by atoms with Gasteiger partial charge in [0.15, 0.2) is 12.2 Å². The fourth-order valence-corrected chi connectivity index (χ4v) is 3.92. The normalized spacial score (nSPS) is 27.5. The highest BCUT2D eigenvalue weighted by Crippen LogP contribution is 2.35. The van der Waals surface area contributed by atoms with Crippen molar-refractivity contribution in [2.45, 2.75) is 103 Å². The van der Waals surface area contributed by atoms with E-state index in [9.17, 15) is 24.3 Å². The van der Waals surface area contributed by atoms with Crippen LogP contribution in [0.4, 0.5) is 0 Å². The van der Waals surface area contributed by atoms with Gasteiger partial charge in [0, 0.05) is 38.4 Å². The van der Waals surface area contributed by atoms with E-state index < -0.39 is 88.5 Å². The van der Waals surface area contributed by atoms with E-state index in [1.54, 1.807) is 0 Å². The van der Waals surface area contributed by atoms with Crippen molar-refractivity contribution in [2.24, 2.45) is 0 Å². The summed E-state index contributed by atoms with van der Waals surface area (Å²) in [6.45, 7) is -4.17. The highest BCUT2D eigenvalue weighted by Gasteiger charge is 2.60. The van der Waals surface area contributed by atoms with Gasteiger partial charge in [-0.25, -0.2) is 0 Å². The monoisotopic (exact) mass is 572 g/mol. The Bertz CT molecular complexity index is 778. The van der Waals surface area contributed by atoms with E-state index in [0.29, 0.717) is 6.42 Å². The topological polar surface area (TPSA) is 144 Å². The van der Waals surface area contributed by atoms with Crippen LogP contribution in [-0.4, -0.2) is 77.9 Å². The molecular formula is C23H37BrO11. The van der Waals surface area contributed by atoms with Gasteiger partial charge in [-0.05, 0) is 12.8 Å². The quantitative estimate of drug-likeness (QED) is 0.101. The van der Waals surface area contributed by atoms with Crippen LogP contribution in [0, 0.1) is 0 Å². The molecule has 1 fully saturated rings. The lowest BCUT2D eigenvalue weighted by Crippen LogP contribution is -2.69. The predicted molar refractivity (Wildman–Crippen MR) is 125 cm³/mol. The molecule has 0 saturated carbocycles. The third-order valence-corrected chi connectivity index (χ3v) is 5.52. The summed E-state index contributed by atoms with van der Waals surface area (Å²) >= 11 is 3.39. The summed E-state index contributed by atoms with van der Waals surface area (Å²) in [7, 11) is 0. The highest BCUT2D eigenvalue weighted by atomic mass is 79.9. The number of hydrogen-bond acceptors (Lipinski definition) is 11. The van der Waals surface area contributed by atoms with E-state index in [0.717, 1.165) is 43.9 Å². The van der Waals surface area contributed by atoms with Gasteiger partial charge >= 0.3 is 29.9 Å². The lowest BCUT2D eigenvalue weighted by Gasteiger charge is -2.47. The van der Waals surface area contributed by atoms with Crippen LogP contribution >= 0.6 is 15.9 Å². The molecule has 0 bridgehead atoms. The zero-order chi connectivity index (χ0) is 29.3. The van der Waals surface area contributed by atoms with E-state index in [2.05, 4.69) is 15.9 Å². The summed E-state index contributed by atoms with van der Waals surface area (Å²) in [5, 5.41) is 12.3. The van der Waals surface area contributed by atoms with Crippen LogP contribution in [0.3, 0.4) is 0 Å². The number of hydrogen-bond donors (Lipinski definition) is 1. The molecule has 12 heteroatoms. The SMILES string of the molecule is [2H]CC(=O)OC[C@H]1OC(O)(OCCCCCCCCCBr)[C@H](OC(=O)C[2H])[C@@H](OC(=O)C[2H])[C@@H]1OC(=O)C[2H]. The van der Waals surface area contributed by atoms with Gasteiger partial charge in [0.25, 0.3) is 0 Å². The second-order valence-corrected chi connectivity index (χ2v) is 8.59. The van der Waals surface area contributed by atoms with Crippen molar-refractivity contribution in [3.63, 3.8) is 0 Å². The fourth-order valence-electron chi connectivity index (χ4n) is 3.52. The first-order valence-corrected chi connectivity index (χ1v) is 12.3. The highest BCUT2D eigenvalue weighted by molar-refractivity contribution is 9.09. The van der Waals surface area contributed by atoms with Crippen molar-refractivity contribution < 1.29 is 58.2 Å². The van der Waals surface area contributed by atoms with Crippen LogP contribution in [0.1, 0.15) is 78.0 Å². The minimum absolute atomic E-state index is 0.0949. The number of alkyl halides is 1. The largest absolute Gasteiger partial charge is 0.463 e. The van der Waals surface area contributed by atoms with Gasteiger partial charge < -0.3 is 33.5 Å². The lowest BCUT2D eigenvalue weighted by molar-refractivity contribution is -0.447. The van der Waals surface area contributed by atoms with Gasteiger partial charge in [-0.3, -0.25) is 19.2 Å². The smallest absolute Gasteiger partial charge is 0.324 e. The molecule has 1 aliphatic heterocycles. The number of carbonyl (C=O) groups is 4. The third kappa shape index (κ3) is 11.7. The van der Waals surface area contributed by atoms with Crippen molar-refractivity contribution >= 4 is 39.8 Å². The average Bonchev–Trinajstić information content (AvgIpc) is 2.93. The van der Waals surface area contributed by atoms with Gasteiger partial charge in [0.05, 0.1) is 6.61 Å². The second-order valence-electron chi connectivity index (χ2n) is 7.80. The summed E-state index contributed by atoms with van der Waals surface area (Å²) in [6, 6.07) is 0. The molecule has 11 nitrogen and oxygen atoms in total. The Labute approximate surface area is 219 Å². The maximum absolute atomic E-state index is 12.1. The second kappa shape index (κ2) is 16.1. The standard InChI is InChI=1S/C23H37BrO11/c1-15(25)30-14-19-20(32-16(2)26)21(33-17(3)27)22(34-18(4)28)23(29,35-19)31-13-11-9-7-5-6-8-10-12-24/h19-22,29H,5-14H2,1-4H3/t19-,20-,21+,22-,23?/m1/s1/i1D,2D,3D,4D. The molecule has 0 aromatic heterocycles. The molecule has 0 spiro atoms.